The van der Waals surface area contributed by atoms with E-state index in [1.807, 2.05) is 20.0 Å². The van der Waals surface area contributed by atoms with Crippen LogP contribution in [0.5, 0.6) is 0 Å². The van der Waals surface area contributed by atoms with Crippen molar-refractivity contribution in [1.82, 2.24) is 5.32 Å². The van der Waals surface area contributed by atoms with E-state index in [-0.39, 0.29) is 6.04 Å². The second-order valence-electron chi connectivity index (χ2n) is 4.50. The average molecular weight is 229 g/mol. The van der Waals surface area contributed by atoms with Gasteiger partial charge in [0.05, 0.1) is 12.3 Å². The van der Waals surface area contributed by atoms with Crippen LogP contribution in [0.2, 0.25) is 0 Å². The molecule has 2 rings (SSSR count). The molecule has 0 radical (unpaired) electrons. The number of benzene rings is 1. The summed E-state index contributed by atoms with van der Waals surface area (Å²) < 4.78 is 5.38. The molecule has 2 nitrogen and oxygen atoms in total. The highest BCUT2D eigenvalue weighted by molar-refractivity contribution is 5.37. The van der Waals surface area contributed by atoms with Crippen LogP contribution < -0.4 is 5.32 Å². The van der Waals surface area contributed by atoms with Crippen LogP contribution >= 0.6 is 0 Å². The second-order valence-corrected chi connectivity index (χ2v) is 4.50. The summed E-state index contributed by atoms with van der Waals surface area (Å²) in [6.45, 7) is 6.28. The maximum absolute atomic E-state index is 5.38. The zero-order chi connectivity index (χ0) is 12.4. The molecule has 0 fully saturated rings. The molecule has 1 heterocycles. The Morgan fingerprint density at radius 2 is 1.82 bits per heavy atom. The van der Waals surface area contributed by atoms with Crippen molar-refractivity contribution < 1.29 is 4.42 Å². The van der Waals surface area contributed by atoms with Gasteiger partial charge in [0, 0.05) is 5.56 Å². The molecular formula is C15H19NO. The molecule has 90 valence electrons. The first-order valence-corrected chi connectivity index (χ1v) is 5.92. The molecule has 0 saturated carbocycles. The monoisotopic (exact) mass is 229 g/mol. The molecular weight excluding hydrogens is 210 g/mol. The van der Waals surface area contributed by atoms with Gasteiger partial charge in [0.25, 0.3) is 0 Å². The van der Waals surface area contributed by atoms with Crippen molar-refractivity contribution in [2.24, 2.45) is 0 Å². The lowest BCUT2D eigenvalue weighted by Gasteiger charge is -2.17. The zero-order valence-corrected chi connectivity index (χ0v) is 10.9. The van der Waals surface area contributed by atoms with Gasteiger partial charge in [0.2, 0.25) is 0 Å². The molecule has 1 aromatic carbocycles. The molecule has 2 heteroatoms. The van der Waals surface area contributed by atoms with E-state index in [0.717, 1.165) is 5.76 Å². The highest BCUT2D eigenvalue weighted by Gasteiger charge is 2.16. The van der Waals surface area contributed by atoms with Gasteiger partial charge in [-0.3, -0.25) is 0 Å². The zero-order valence-electron chi connectivity index (χ0n) is 10.9. The highest BCUT2D eigenvalue weighted by atomic mass is 16.3. The van der Waals surface area contributed by atoms with Crippen molar-refractivity contribution in [2.45, 2.75) is 26.8 Å². The third-order valence-corrected chi connectivity index (χ3v) is 3.36. The lowest BCUT2D eigenvalue weighted by molar-refractivity contribution is 0.523. The van der Waals surface area contributed by atoms with Crippen molar-refractivity contribution in [3.63, 3.8) is 0 Å². The van der Waals surface area contributed by atoms with Gasteiger partial charge < -0.3 is 9.73 Å². The Labute approximate surface area is 103 Å². The minimum absolute atomic E-state index is 0.202. The van der Waals surface area contributed by atoms with Crippen LogP contribution in [0.25, 0.3) is 0 Å². The Bertz CT molecular complexity index is 513. The number of furan rings is 1. The lowest BCUT2D eigenvalue weighted by Crippen LogP contribution is -2.18. The summed E-state index contributed by atoms with van der Waals surface area (Å²) in [6, 6.07) is 8.82. The molecule has 1 aromatic heterocycles. The molecule has 0 aliphatic carbocycles. The topological polar surface area (TPSA) is 25.2 Å². The van der Waals surface area contributed by atoms with Crippen LogP contribution in [0.15, 0.2) is 34.9 Å². The molecule has 0 aliphatic heterocycles. The summed E-state index contributed by atoms with van der Waals surface area (Å²) >= 11 is 0. The Morgan fingerprint density at radius 3 is 2.35 bits per heavy atom. The highest BCUT2D eigenvalue weighted by Crippen LogP contribution is 2.26. The Hall–Kier alpha value is -1.54. The maximum atomic E-state index is 5.38. The summed E-state index contributed by atoms with van der Waals surface area (Å²) in [6.07, 6.45) is 1.75. The van der Waals surface area contributed by atoms with Gasteiger partial charge in [-0.25, -0.2) is 0 Å². The van der Waals surface area contributed by atoms with Gasteiger partial charge in [0.1, 0.15) is 5.76 Å². The fourth-order valence-electron chi connectivity index (χ4n) is 2.14. The van der Waals surface area contributed by atoms with Crippen molar-refractivity contribution in [1.29, 1.82) is 0 Å². The van der Waals surface area contributed by atoms with E-state index < -0.39 is 0 Å². The standard InChI is InChI=1S/C15H19NO/c1-10-5-6-13(9-11(10)2)15(16-4)14-7-8-17-12(14)3/h5-9,15-16H,1-4H3. The Balaban J connectivity index is 2.42. The van der Waals surface area contributed by atoms with E-state index in [1.165, 1.54) is 22.3 Å². The predicted octanol–water partition coefficient (Wildman–Crippen LogP) is 3.51. The van der Waals surface area contributed by atoms with Gasteiger partial charge >= 0.3 is 0 Å². The van der Waals surface area contributed by atoms with Gasteiger partial charge in [-0.15, -0.1) is 0 Å². The predicted molar refractivity (Wildman–Crippen MR) is 70.3 cm³/mol. The normalized spacial score (nSPS) is 12.7. The second kappa shape index (κ2) is 4.76. The van der Waals surface area contributed by atoms with Crippen LogP contribution in [0.4, 0.5) is 0 Å². The summed E-state index contributed by atoms with van der Waals surface area (Å²) in [7, 11) is 1.98. The van der Waals surface area contributed by atoms with Crippen LogP contribution in [0.3, 0.4) is 0 Å². The Morgan fingerprint density at radius 1 is 1.06 bits per heavy atom. The number of rotatable bonds is 3. The van der Waals surface area contributed by atoms with E-state index in [9.17, 15) is 0 Å². The van der Waals surface area contributed by atoms with Crippen LogP contribution in [0.1, 0.15) is 34.1 Å². The van der Waals surface area contributed by atoms with Crippen molar-refractivity contribution in [3.8, 4) is 0 Å². The van der Waals surface area contributed by atoms with E-state index in [2.05, 4.69) is 37.4 Å². The fraction of sp³-hybridized carbons (Fsp3) is 0.333. The third-order valence-electron chi connectivity index (χ3n) is 3.36. The molecule has 2 aromatic rings. The smallest absolute Gasteiger partial charge is 0.105 e. The summed E-state index contributed by atoms with van der Waals surface area (Å²) in [5, 5.41) is 3.35. The summed E-state index contributed by atoms with van der Waals surface area (Å²) in [5.41, 5.74) is 5.13. The van der Waals surface area contributed by atoms with E-state index in [4.69, 9.17) is 4.42 Å². The third kappa shape index (κ3) is 2.27. The molecule has 0 spiro atoms. The van der Waals surface area contributed by atoms with Crippen molar-refractivity contribution >= 4 is 0 Å². The molecule has 0 bridgehead atoms. The quantitative estimate of drug-likeness (QED) is 0.871. The van der Waals surface area contributed by atoms with Gasteiger partial charge in [-0.05, 0) is 50.6 Å². The molecule has 1 atom stereocenters. The number of aryl methyl sites for hydroxylation is 3. The van der Waals surface area contributed by atoms with Crippen LogP contribution in [0, 0.1) is 20.8 Å². The van der Waals surface area contributed by atoms with Crippen LogP contribution in [-0.4, -0.2) is 7.05 Å². The maximum Gasteiger partial charge on any atom is 0.105 e. The largest absolute Gasteiger partial charge is 0.469 e. The molecule has 0 saturated heterocycles. The molecule has 0 aliphatic rings. The summed E-state index contributed by atoms with van der Waals surface area (Å²) in [4.78, 5) is 0. The van der Waals surface area contributed by atoms with E-state index in [0.29, 0.717) is 0 Å². The summed E-state index contributed by atoms with van der Waals surface area (Å²) in [5.74, 6) is 0.975. The molecule has 1 N–H and O–H groups in total. The number of nitrogens with one attached hydrogen (secondary N) is 1. The average Bonchev–Trinajstić information content (AvgIpc) is 2.71. The minimum Gasteiger partial charge on any atom is -0.469 e. The van der Waals surface area contributed by atoms with Gasteiger partial charge in [-0.2, -0.15) is 0 Å². The van der Waals surface area contributed by atoms with Crippen molar-refractivity contribution in [3.05, 3.63) is 58.5 Å². The van der Waals surface area contributed by atoms with Gasteiger partial charge in [-0.1, -0.05) is 18.2 Å². The first-order chi connectivity index (χ1) is 8.13. The molecule has 17 heavy (non-hydrogen) atoms. The molecule has 1 unspecified atom stereocenters. The number of hydrogen-bond acceptors (Lipinski definition) is 2. The van der Waals surface area contributed by atoms with Crippen LogP contribution in [-0.2, 0) is 0 Å². The first kappa shape index (κ1) is 11.9. The van der Waals surface area contributed by atoms with Gasteiger partial charge in [0.15, 0.2) is 0 Å². The fourth-order valence-corrected chi connectivity index (χ4v) is 2.14. The molecule has 0 amide bonds. The SMILES string of the molecule is CNC(c1ccc(C)c(C)c1)c1ccoc1C. The number of hydrogen-bond donors (Lipinski definition) is 1. The van der Waals surface area contributed by atoms with Crippen molar-refractivity contribution in [2.75, 3.05) is 7.05 Å². The minimum atomic E-state index is 0.202. The Kier molecular flexibility index (Phi) is 3.34. The lowest BCUT2D eigenvalue weighted by atomic mass is 9.96. The van der Waals surface area contributed by atoms with E-state index >= 15 is 0 Å². The van der Waals surface area contributed by atoms with E-state index in [1.54, 1.807) is 6.26 Å². The first-order valence-electron chi connectivity index (χ1n) is 5.92.